The Morgan fingerprint density at radius 2 is 1.66 bits per heavy atom. The van der Waals surface area contributed by atoms with Crippen LogP contribution in [0.2, 0.25) is 0 Å². The number of carbonyl (C=O) groups excluding carboxylic acids is 3. The molecule has 3 N–H and O–H groups in total. The molecule has 1 aromatic carbocycles. The standard InChI is InChI=1S/C22H31N5O5/c28-20(24-31)18-14-17(32-22(30)27-8-4-5-9-27)15-23-19(18)21(29)26-12-10-25(11-13-26)16-6-2-1-3-7-16/h1-3,6-7,17-19,23,31H,4-5,8-15H2,(H,24,28)/t17?,18-,19-/m0/s1. The third-order valence-corrected chi connectivity index (χ3v) is 6.54. The molecule has 3 aliphatic rings. The predicted octanol–water partition coefficient (Wildman–Crippen LogP) is 0.420. The van der Waals surface area contributed by atoms with E-state index < -0.39 is 24.0 Å². The molecule has 10 nitrogen and oxygen atoms in total. The number of ether oxygens (including phenoxy) is 1. The van der Waals surface area contributed by atoms with Gasteiger partial charge in [0.05, 0.1) is 12.0 Å². The molecule has 0 aromatic heterocycles. The van der Waals surface area contributed by atoms with Gasteiger partial charge in [0.2, 0.25) is 11.8 Å². The summed E-state index contributed by atoms with van der Waals surface area (Å²) in [5.74, 6) is -1.65. The van der Waals surface area contributed by atoms with E-state index in [1.165, 1.54) is 0 Å². The molecule has 4 rings (SSSR count). The van der Waals surface area contributed by atoms with Crippen molar-refractivity contribution in [2.75, 3.05) is 50.7 Å². The Morgan fingerprint density at radius 1 is 0.969 bits per heavy atom. The van der Waals surface area contributed by atoms with Gasteiger partial charge in [0, 0.05) is 51.5 Å². The van der Waals surface area contributed by atoms with E-state index in [2.05, 4.69) is 10.2 Å². The number of amides is 3. The lowest BCUT2D eigenvalue weighted by atomic mass is 9.87. The van der Waals surface area contributed by atoms with E-state index in [9.17, 15) is 19.6 Å². The Kier molecular flexibility index (Phi) is 7.11. The minimum absolute atomic E-state index is 0.171. The molecule has 3 amide bonds. The average molecular weight is 446 g/mol. The van der Waals surface area contributed by atoms with E-state index in [1.807, 2.05) is 30.3 Å². The van der Waals surface area contributed by atoms with Crippen molar-refractivity contribution in [2.45, 2.75) is 31.4 Å². The van der Waals surface area contributed by atoms with Gasteiger partial charge in [-0.25, -0.2) is 10.3 Å². The fourth-order valence-corrected chi connectivity index (χ4v) is 4.73. The van der Waals surface area contributed by atoms with Gasteiger partial charge in [-0.15, -0.1) is 0 Å². The molecule has 3 heterocycles. The van der Waals surface area contributed by atoms with Gasteiger partial charge in [-0.3, -0.25) is 14.8 Å². The molecule has 0 bridgehead atoms. The second-order valence-corrected chi connectivity index (χ2v) is 8.55. The number of likely N-dealkylation sites (tertiary alicyclic amines) is 1. The zero-order valence-corrected chi connectivity index (χ0v) is 18.1. The molecular weight excluding hydrogens is 414 g/mol. The average Bonchev–Trinajstić information content (AvgIpc) is 3.39. The fourth-order valence-electron chi connectivity index (χ4n) is 4.73. The van der Waals surface area contributed by atoms with Crippen LogP contribution in [0.4, 0.5) is 10.5 Å². The number of hydrogen-bond acceptors (Lipinski definition) is 7. The van der Waals surface area contributed by atoms with Gasteiger partial charge < -0.3 is 24.8 Å². The predicted molar refractivity (Wildman–Crippen MR) is 116 cm³/mol. The number of para-hydroxylation sites is 1. The molecule has 0 saturated carbocycles. The van der Waals surface area contributed by atoms with Gasteiger partial charge in [0.15, 0.2) is 0 Å². The molecule has 0 radical (unpaired) electrons. The zero-order chi connectivity index (χ0) is 22.5. The summed E-state index contributed by atoms with van der Waals surface area (Å²) in [7, 11) is 0. The number of piperazine rings is 1. The second kappa shape index (κ2) is 10.2. The molecule has 1 aromatic rings. The van der Waals surface area contributed by atoms with Crippen LogP contribution in [-0.2, 0) is 14.3 Å². The highest BCUT2D eigenvalue weighted by Crippen LogP contribution is 2.24. The van der Waals surface area contributed by atoms with Crippen LogP contribution in [0.3, 0.4) is 0 Å². The van der Waals surface area contributed by atoms with E-state index in [0.717, 1.165) is 18.5 Å². The minimum Gasteiger partial charge on any atom is -0.445 e. The second-order valence-electron chi connectivity index (χ2n) is 8.55. The van der Waals surface area contributed by atoms with E-state index >= 15 is 0 Å². The maximum absolute atomic E-state index is 13.2. The minimum atomic E-state index is -0.829. The smallest absolute Gasteiger partial charge is 0.410 e. The van der Waals surface area contributed by atoms with E-state index in [0.29, 0.717) is 39.3 Å². The molecule has 10 heteroatoms. The molecule has 174 valence electrons. The first-order chi connectivity index (χ1) is 15.6. The van der Waals surface area contributed by atoms with Crippen LogP contribution in [0.1, 0.15) is 19.3 Å². The highest BCUT2D eigenvalue weighted by molar-refractivity contribution is 5.90. The van der Waals surface area contributed by atoms with E-state index in [4.69, 9.17) is 4.74 Å². The number of hydrogen-bond donors (Lipinski definition) is 3. The largest absolute Gasteiger partial charge is 0.445 e. The Bertz CT molecular complexity index is 808. The summed E-state index contributed by atoms with van der Waals surface area (Å²) in [5, 5.41) is 12.3. The summed E-state index contributed by atoms with van der Waals surface area (Å²) in [6.45, 7) is 4.14. The monoisotopic (exact) mass is 445 g/mol. The maximum atomic E-state index is 13.2. The van der Waals surface area contributed by atoms with Crippen molar-refractivity contribution in [3.8, 4) is 0 Å². The Balaban J connectivity index is 1.35. The number of rotatable bonds is 4. The summed E-state index contributed by atoms with van der Waals surface area (Å²) >= 11 is 0. The summed E-state index contributed by atoms with van der Waals surface area (Å²) in [6, 6.07) is 9.28. The molecule has 0 spiro atoms. The number of piperidine rings is 1. The van der Waals surface area contributed by atoms with E-state index in [1.54, 1.807) is 15.3 Å². The van der Waals surface area contributed by atoms with Gasteiger partial charge in [0.25, 0.3) is 0 Å². The lowest BCUT2D eigenvalue weighted by Crippen LogP contribution is -2.62. The van der Waals surface area contributed by atoms with Crippen LogP contribution >= 0.6 is 0 Å². The lowest BCUT2D eigenvalue weighted by molar-refractivity contribution is -0.145. The highest BCUT2D eigenvalue weighted by atomic mass is 16.6. The molecule has 3 atom stereocenters. The van der Waals surface area contributed by atoms with Gasteiger partial charge in [-0.1, -0.05) is 18.2 Å². The summed E-state index contributed by atoms with van der Waals surface area (Å²) < 4.78 is 5.57. The zero-order valence-electron chi connectivity index (χ0n) is 18.1. The van der Waals surface area contributed by atoms with Crippen molar-refractivity contribution in [1.29, 1.82) is 0 Å². The molecule has 0 aliphatic carbocycles. The molecular formula is C22H31N5O5. The van der Waals surface area contributed by atoms with Crippen molar-refractivity contribution in [2.24, 2.45) is 5.92 Å². The van der Waals surface area contributed by atoms with Crippen LogP contribution < -0.4 is 15.7 Å². The number of nitrogens with one attached hydrogen (secondary N) is 2. The van der Waals surface area contributed by atoms with Crippen molar-refractivity contribution in [3.63, 3.8) is 0 Å². The highest BCUT2D eigenvalue weighted by Gasteiger charge is 2.42. The Hall–Kier alpha value is -2.85. The molecule has 32 heavy (non-hydrogen) atoms. The van der Waals surface area contributed by atoms with Crippen LogP contribution in [0.15, 0.2) is 30.3 Å². The van der Waals surface area contributed by atoms with Crippen LogP contribution in [0.25, 0.3) is 0 Å². The van der Waals surface area contributed by atoms with Gasteiger partial charge >= 0.3 is 6.09 Å². The van der Waals surface area contributed by atoms with Crippen LogP contribution in [0.5, 0.6) is 0 Å². The summed E-state index contributed by atoms with van der Waals surface area (Å²) in [5.41, 5.74) is 2.79. The number of carbonyl (C=O) groups is 3. The van der Waals surface area contributed by atoms with E-state index in [-0.39, 0.29) is 25.0 Å². The first kappa shape index (κ1) is 22.3. The Labute approximate surface area is 187 Å². The third kappa shape index (κ3) is 4.97. The number of nitrogens with zero attached hydrogens (tertiary/aromatic N) is 3. The lowest BCUT2D eigenvalue weighted by Gasteiger charge is -2.41. The van der Waals surface area contributed by atoms with Gasteiger partial charge in [-0.2, -0.15) is 0 Å². The summed E-state index contributed by atoms with van der Waals surface area (Å²) in [4.78, 5) is 43.5. The number of anilines is 1. The quantitative estimate of drug-likeness (QED) is 0.455. The summed E-state index contributed by atoms with van der Waals surface area (Å²) in [6.07, 6.45) is 1.17. The van der Waals surface area contributed by atoms with Crippen LogP contribution in [0, 0.1) is 5.92 Å². The Morgan fingerprint density at radius 3 is 2.31 bits per heavy atom. The molecule has 3 fully saturated rings. The van der Waals surface area contributed by atoms with Crippen LogP contribution in [-0.4, -0.2) is 90.9 Å². The van der Waals surface area contributed by atoms with Crippen molar-refractivity contribution < 1.29 is 24.3 Å². The molecule has 1 unspecified atom stereocenters. The van der Waals surface area contributed by atoms with Gasteiger partial charge in [0.1, 0.15) is 6.10 Å². The maximum Gasteiger partial charge on any atom is 0.410 e. The first-order valence-electron chi connectivity index (χ1n) is 11.3. The SMILES string of the molecule is O=C(NO)[C@H]1CC(OC(=O)N2CCCC2)CN[C@@H]1C(=O)N1CCN(c2ccccc2)CC1. The fraction of sp³-hybridized carbons (Fsp3) is 0.591. The van der Waals surface area contributed by atoms with Crippen molar-refractivity contribution in [1.82, 2.24) is 20.6 Å². The first-order valence-corrected chi connectivity index (χ1v) is 11.3. The normalized spacial score (nSPS) is 26.0. The van der Waals surface area contributed by atoms with Crippen molar-refractivity contribution >= 4 is 23.6 Å². The number of benzene rings is 1. The number of hydroxylamine groups is 1. The topological polar surface area (TPSA) is 114 Å². The van der Waals surface area contributed by atoms with Gasteiger partial charge in [-0.05, 0) is 31.4 Å². The molecule has 3 aliphatic heterocycles. The van der Waals surface area contributed by atoms with Crippen molar-refractivity contribution in [3.05, 3.63) is 30.3 Å². The molecule has 3 saturated heterocycles. The third-order valence-electron chi connectivity index (χ3n) is 6.54.